The second-order valence-corrected chi connectivity index (χ2v) is 7.29. The van der Waals surface area contributed by atoms with Gasteiger partial charge in [0, 0.05) is 24.3 Å². The van der Waals surface area contributed by atoms with Crippen LogP contribution in [0.5, 0.6) is 0 Å². The monoisotopic (exact) mass is 435 g/mol. The van der Waals surface area contributed by atoms with Crippen molar-refractivity contribution in [3.63, 3.8) is 0 Å². The molecule has 2 rings (SSSR count). The Balaban J connectivity index is 1.83. The molecule has 3 N–H and O–H groups in total. The highest BCUT2D eigenvalue weighted by Gasteiger charge is 2.30. The number of anilines is 1. The standard InChI is InChI=1S/C21H29N3O5S/c1-2-28-21(30)29-14-8-4-7-11-16(19(26)22-15-9-5-3-6-10-15)24-20(27)17-12-13-18(25)23-17/h3,5-6,9-10,16-17H,2,4,7-8,11-14H2,1H3,(H,22,26)(H,23,25)(H,24,27)/t16-,17+/m0/s1. The van der Waals surface area contributed by atoms with Crippen molar-refractivity contribution in [2.45, 2.75) is 57.5 Å². The van der Waals surface area contributed by atoms with Crippen molar-refractivity contribution in [1.29, 1.82) is 0 Å². The first-order chi connectivity index (χ1) is 14.5. The van der Waals surface area contributed by atoms with Gasteiger partial charge in [-0.25, -0.2) is 0 Å². The normalized spacial score (nSPS) is 16.3. The zero-order valence-corrected chi connectivity index (χ0v) is 18.0. The molecule has 0 unspecified atom stereocenters. The summed E-state index contributed by atoms with van der Waals surface area (Å²) in [6.07, 6.45) is 3.51. The van der Waals surface area contributed by atoms with Gasteiger partial charge in [-0.1, -0.05) is 24.6 Å². The Morgan fingerprint density at radius 2 is 1.97 bits per heavy atom. The fourth-order valence-corrected chi connectivity index (χ4v) is 3.25. The summed E-state index contributed by atoms with van der Waals surface area (Å²) in [6, 6.07) is 7.79. The van der Waals surface area contributed by atoms with Gasteiger partial charge in [0.25, 0.3) is 0 Å². The zero-order valence-electron chi connectivity index (χ0n) is 17.1. The summed E-state index contributed by atoms with van der Waals surface area (Å²) < 4.78 is 10.3. The molecule has 30 heavy (non-hydrogen) atoms. The Labute approximate surface area is 182 Å². The van der Waals surface area contributed by atoms with E-state index in [1.807, 2.05) is 25.1 Å². The van der Waals surface area contributed by atoms with E-state index in [2.05, 4.69) is 16.0 Å². The van der Waals surface area contributed by atoms with Gasteiger partial charge in [0.1, 0.15) is 12.1 Å². The molecular formula is C21H29N3O5S. The maximum Gasteiger partial charge on any atom is 0.352 e. The summed E-state index contributed by atoms with van der Waals surface area (Å²) in [4.78, 5) is 36.6. The van der Waals surface area contributed by atoms with Gasteiger partial charge in [-0.2, -0.15) is 0 Å². The van der Waals surface area contributed by atoms with E-state index in [4.69, 9.17) is 21.7 Å². The first kappa shape index (κ1) is 23.6. The fourth-order valence-electron chi connectivity index (χ4n) is 3.05. The molecule has 0 saturated carbocycles. The Hall–Kier alpha value is -2.68. The molecule has 164 valence electrons. The number of para-hydroxylation sites is 1. The van der Waals surface area contributed by atoms with Crippen LogP contribution in [0, 0.1) is 0 Å². The quantitative estimate of drug-likeness (QED) is 0.364. The average molecular weight is 436 g/mol. The number of rotatable bonds is 11. The second-order valence-electron chi connectivity index (χ2n) is 6.96. The fraction of sp³-hybridized carbons (Fsp3) is 0.524. The van der Waals surface area contributed by atoms with Crippen molar-refractivity contribution in [2.24, 2.45) is 0 Å². The van der Waals surface area contributed by atoms with Crippen LogP contribution in [0.25, 0.3) is 0 Å². The van der Waals surface area contributed by atoms with Crippen LogP contribution in [0.3, 0.4) is 0 Å². The number of benzene rings is 1. The third-order valence-electron chi connectivity index (χ3n) is 4.61. The van der Waals surface area contributed by atoms with E-state index in [1.165, 1.54) is 0 Å². The zero-order chi connectivity index (χ0) is 21.8. The van der Waals surface area contributed by atoms with Gasteiger partial charge in [-0.3, -0.25) is 14.4 Å². The first-order valence-electron chi connectivity index (χ1n) is 10.2. The highest BCUT2D eigenvalue weighted by atomic mass is 32.1. The third kappa shape index (κ3) is 8.36. The molecular weight excluding hydrogens is 406 g/mol. The molecule has 3 amide bonds. The molecule has 8 nitrogen and oxygen atoms in total. The SMILES string of the molecule is CCOC(=S)OCCCCC[C@H](NC(=O)[C@H]1CCC(=O)N1)C(=O)Nc1ccccc1. The third-order valence-corrected chi connectivity index (χ3v) is 4.84. The number of nitrogens with one attached hydrogen (secondary N) is 3. The summed E-state index contributed by atoms with van der Waals surface area (Å²) >= 11 is 4.90. The maximum atomic E-state index is 12.7. The summed E-state index contributed by atoms with van der Waals surface area (Å²) in [5, 5.41) is 8.39. The summed E-state index contributed by atoms with van der Waals surface area (Å²) in [5.74, 6) is -0.766. The summed E-state index contributed by atoms with van der Waals surface area (Å²) in [6.45, 7) is 2.75. The van der Waals surface area contributed by atoms with Crippen LogP contribution in [0.2, 0.25) is 0 Å². The van der Waals surface area contributed by atoms with Crippen LogP contribution in [0.15, 0.2) is 30.3 Å². The Morgan fingerprint density at radius 1 is 1.20 bits per heavy atom. The molecule has 0 aliphatic carbocycles. The molecule has 2 atom stereocenters. The Kier molecular flexibility index (Phi) is 10.1. The number of ether oxygens (including phenoxy) is 2. The lowest BCUT2D eigenvalue weighted by atomic mass is 10.1. The molecule has 0 spiro atoms. The van der Waals surface area contributed by atoms with Crippen molar-refractivity contribution < 1.29 is 23.9 Å². The van der Waals surface area contributed by atoms with E-state index >= 15 is 0 Å². The summed E-state index contributed by atoms with van der Waals surface area (Å²) in [5.41, 5.74) is 0.661. The van der Waals surface area contributed by atoms with Crippen LogP contribution in [0.4, 0.5) is 5.69 Å². The van der Waals surface area contributed by atoms with Crippen LogP contribution < -0.4 is 16.0 Å². The Morgan fingerprint density at radius 3 is 2.63 bits per heavy atom. The highest BCUT2D eigenvalue weighted by molar-refractivity contribution is 7.79. The molecule has 1 aromatic rings. The molecule has 9 heteroatoms. The van der Waals surface area contributed by atoms with E-state index in [1.54, 1.807) is 12.1 Å². The van der Waals surface area contributed by atoms with Crippen molar-refractivity contribution >= 4 is 40.9 Å². The van der Waals surface area contributed by atoms with Crippen molar-refractivity contribution in [1.82, 2.24) is 10.6 Å². The Bertz CT molecular complexity index is 729. The number of unbranched alkanes of at least 4 members (excludes halogenated alkanes) is 2. The molecule has 1 aliphatic rings. The molecule has 1 aromatic carbocycles. The van der Waals surface area contributed by atoms with Gasteiger partial charge < -0.3 is 25.4 Å². The van der Waals surface area contributed by atoms with E-state index in [9.17, 15) is 14.4 Å². The number of thiocarbonyl (C=S) groups is 1. The number of carbonyl (C=O) groups is 3. The van der Waals surface area contributed by atoms with Gasteiger partial charge in [0.15, 0.2) is 0 Å². The average Bonchev–Trinajstić information content (AvgIpc) is 3.17. The van der Waals surface area contributed by atoms with Crippen LogP contribution in [-0.2, 0) is 23.9 Å². The molecule has 1 aliphatic heterocycles. The molecule has 0 radical (unpaired) electrons. The van der Waals surface area contributed by atoms with Gasteiger partial charge in [-0.05, 0) is 44.7 Å². The predicted molar refractivity (Wildman–Crippen MR) is 117 cm³/mol. The van der Waals surface area contributed by atoms with E-state index < -0.39 is 12.1 Å². The lowest BCUT2D eigenvalue weighted by Gasteiger charge is -2.20. The van der Waals surface area contributed by atoms with E-state index in [-0.39, 0.29) is 23.0 Å². The largest absolute Gasteiger partial charge is 0.457 e. The number of hydrogen-bond acceptors (Lipinski definition) is 6. The molecule has 1 fully saturated rings. The molecule has 1 heterocycles. The smallest absolute Gasteiger partial charge is 0.352 e. The van der Waals surface area contributed by atoms with Gasteiger partial charge in [0.2, 0.25) is 17.7 Å². The van der Waals surface area contributed by atoms with Gasteiger partial charge in [-0.15, -0.1) is 0 Å². The van der Waals surface area contributed by atoms with Gasteiger partial charge >= 0.3 is 5.24 Å². The van der Waals surface area contributed by atoms with Crippen molar-refractivity contribution in [2.75, 3.05) is 18.5 Å². The van der Waals surface area contributed by atoms with E-state index in [0.29, 0.717) is 38.2 Å². The van der Waals surface area contributed by atoms with Gasteiger partial charge in [0.05, 0.1) is 13.2 Å². The minimum absolute atomic E-state index is 0.142. The van der Waals surface area contributed by atoms with Crippen LogP contribution in [0.1, 0.15) is 45.4 Å². The number of hydrogen-bond donors (Lipinski definition) is 3. The second kappa shape index (κ2) is 12.8. The predicted octanol–water partition coefficient (Wildman–Crippen LogP) is 2.29. The molecule has 1 saturated heterocycles. The first-order valence-corrected chi connectivity index (χ1v) is 10.7. The van der Waals surface area contributed by atoms with Crippen LogP contribution in [-0.4, -0.2) is 48.3 Å². The maximum absolute atomic E-state index is 12.7. The molecule has 0 bridgehead atoms. The highest BCUT2D eigenvalue weighted by Crippen LogP contribution is 2.12. The lowest BCUT2D eigenvalue weighted by molar-refractivity contribution is -0.128. The minimum Gasteiger partial charge on any atom is -0.457 e. The van der Waals surface area contributed by atoms with Crippen molar-refractivity contribution in [3.05, 3.63) is 30.3 Å². The van der Waals surface area contributed by atoms with E-state index in [0.717, 1.165) is 19.3 Å². The number of amides is 3. The van der Waals surface area contributed by atoms with Crippen LogP contribution >= 0.6 is 12.2 Å². The molecule has 0 aromatic heterocycles. The van der Waals surface area contributed by atoms with Crippen molar-refractivity contribution in [3.8, 4) is 0 Å². The topological polar surface area (TPSA) is 106 Å². The number of carbonyl (C=O) groups excluding carboxylic acids is 3. The minimum atomic E-state index is -0.694. The lowest BCUT2D eigenvalue weighted by Crippen LogP contribution is -2.50. The summed E-state index contributed by atoms with van der Waals surface area (Å²) in [7, 11) is 0.